The van der Waals surface area contributed by atoms with Crippen molar-refractivity contribution < 1.29 is 13.2 Å². The maximum atomic E-state index is 13.1. The van der Waals surface area contributed by atoms with E-state index >= 15 is 0 Å². The first-order valence-electron chi connectivity index (χ1n) is 10.9. The van der Waals surface area contributed by atoms with Gasteiger partial charge < -0.3 is 9.47 Å². The molecular formula is C22H31N3O3S. The fraction of sp³-hybridized carbons (Fsp3) is 0.591. The van der Waals surface area contributed by atoms with Crippen molar-refractivity contribution in [2.45, 2.75) is 62.8 Å². The SMILES string of the molecule is CC(C(=O)N1CCCCC1)n1ccc2cc(S(=O)(=O)N3CCCCCC3)ccc21. The van der Waals surface area contributed by atoms with Gasteiger partial charge in [-0.05, 0) is 63.3 Å². The molecule has 0 spiro atoms. The van der Waals surface area contributed by atoms with Crippen LogP contribution in [0.25, 0.3) is 10.9 Å². The average molecular weight is 418 g/mol. The number of amides is 1. The summed E-state index contributed by atoms with van der Waals surface area (Å²) in [6, 6.07) is 6.91. The van der Waals surface area contributed by atoms with Crippen LogP contribution in [0.1, 0.15) is 57.9 Å². The maximum absolute atomic E-state index is 13.1. The molecule has 2 aliphatic rings. The first kappa shape index (κ1) is 20.4. The van der Waals surface area contributed by atoms with E-state index in [2.05, 4.69) is 0 Å². The van der Waals surface area contributed by atoms with Crippen LogP contribution >= 0.6 is 0 Å². The molecule has 2 aromatic rings. The molecule has 6 nitrogen and oxygen atoms in total. The second-order valence-electron chi connectivity index (χ2n) is 8.32. The number of rotatable bonds is 4. The molecule has 4 rings (SSSR count). The summed E-state index contributed by atoms with van der Waals surface area (Å²) in [5.41, 5.74) is 0.901. The van der Waals surface area contributed by atoms with Gasteiger partial charge in [0.15, 0.2) is 0 Å². The Morgan fingerprint density at radius 1 is 0.897 bits per heavy atom. The van der Waals surface area contributed by atoms with Crippen molar-refractivity contribution in [1.29, 1.82) is 0 Å². The predicted octanol–water partition coefficient (Wildman–Crippen LogP) is 3.78. The number of piperidine rings is 1. The van der Waals surface area contributed by atoms with E-state index in [0.717, 1.165) is 62.5 Å². The minimum atomic E-state index is -3.47. The van der Waals surface area contributed by atoms with E-state index in [-0.39, 0.29) is 11.9 Å². The van der Waals surface area contributed by atoms with E-state index in [1.165, 1.54) is 6.42 Å². The van der Waals surface area contributed by atoms with Crippen LogP contribution in [-0.4, -0.2) is 54.3 Å². The quantitative estimate of drug-likeness (QED) is 0.761. The second-order valence-corrected chi connectivity index (χ2v) is 10.3. The summed E-state index contributed by atoms with van der Waals surface area (Å²) in [7, 11) is -3.47. The molecule has 2 fully saturated rings. The van der Waals surface area contributed by atoms with E-state index in [0.29, 0.717) is 18.0 Å². The number of carbonyl (C=O) groups is 1. The number of nitrogens with zero attached hydrogens (tertiary/aromatic N) is 3. The number of aromatic nitrogens is 1. The van der Waals surface area contributed by atoms with Crippen molar-refractivity contribution in [2.24, 2.45) is 0 Å². The Morgan fingerprint density at radius 3 is 2.21 bits per heavy atom. The third-order valence-electron chi connectivity index (χ3n) is 6.34. The summed E-state index contributed by atoms with van der Waals surface area (Å²) in [5, 5.41) is 0.860. The number of carbonyl (C=O) groups excluding carboxylic acids is 1. The lowest BCUT2D eigenvalue weighted by atomic mass is 10.1. The van der Waals surface area contributed by atoms with Gasteiger partial charge in [-0.3, -0.25) is 4.79 Å². The minimum absolute atomic E-state index is 0.142. The summed E-state index contributed by atoms with van der Waals surface area (Å²) >= 11 is 0. The highest BCUT2D eigenvalue weighted by Crippen LogP contribution is 2.27. The first-order valence-corrected chi connectivity index (χ1v) is 12.3. The van der Waals surface area contributed by atoms with Crippen molar-refractivity contribution in [3.8, 4) is 0 Å². The summed E-state index contributed by atoms with van der Waals surface area (Å²) < 4.78 is 29.8. The van der Waals surface area contributed by atoms with Gasteiger partial charge in [-0.25, -0.2) is 8.42 Å². The van der Waals surface area contributed by atoms with Crippen LogP contribution in [0.2, 0.25) is 0 Å². The van der Waals surface area contributed by atoms with Crippen LogP contribution in [0.4, 0.5) is 0 Å². The number of sulfonamides is 1. The fourth-order valence-corrected chi connectivity index (χ4v) is 6.12. The van der Waals surface area contributed by atoms with Gasteiger partial charge in [0.05, 0.1) is 4.90 Å². The van der Waals surface area contributed by atoms with Crippen molar-refractivity contribution in [2.75, 3.05) is 26.2 Å². The molecule has 0 N–H and O–H groups in total. The summed E-state index contributed by atoms with van der Waals surface area (Å²) in [6.45, 7) is 4.80. The standard InChI is InChI=1S/C22H31N3O3S/c1-18(22(26)23-12-5-4-6-13-23)25-16-11-19-17-20(9-10-21(19)25)29(27,28)24-14-7-2-3-8-15-24/h9-11,16-18H,2-8,12-15H2,1H3. The number of hydrogen-bond donors (Lipinski definition) is 0. The van der Waals surface area contributed by atoms with E-state index in [4.69, 9.17) is 0 Å². The van der Waals surface area contributed by atoms with Crippen LogP contribution in [0.5, 0.6) is 0 Å². The molecule has 0 radical (unpaired) electrons. The van der Waals surface area contributed by atoms with Crippen molar-refractivity contribution >= 4 is 26.8 Å². The highest BCUT2D eigenvalue weighted by atomic mass is 32.2. The van der Waals surface area contributed by atoms with Crippen molar-refractivity contribution in [3.05, 3.63) is 30.5 Å². The lowest BCUT2D eigenvalue weighted by Crippen LogP contribution is -2.39. The topological polar surface area (TPSA) is 62.6 Å². The zero-order valence-corrected chi connectivity index (χ0v) is 18.0. The third kappa shape index (κ3) is 4.08. The van der Waals surface area contributed by atoms with Gasteiger partial charge in [-0.2, -0.15) is 4.31 Å². The third-order valence-corrected chi connectivity index (χ3v) is 8.23. The smallest absolute Gasteiger partial charge is 0.245 e. The zero-order valence-electron chi connectivity index (χ0n) is 17.2. The van der Waals surface area contributed by atoms with E-state index in [9.17, 15) is 13.2 Å². The molecule has 158 valence electrons. The Kier molecular flexibility index (Phi) is 5.97. The molecule has 3 heterocycles. The van der Waals surface area contributed by atoms with Crippen LogP contribution in [0.3, 0.4) is 0 Å². The van der Waals surface area contributed by atoms with Gasteiger partial charge >= 0.3 is 0 Å². The molecule has 7 heteroatoms. The van der Waals surface area contributed by atoms with Crippen LogP contribution in [-0.2, 0) is 14.8 Å². The predicted molar refractivity (Wildman–Crippen MR) is 114 cm³/mol. The highest BCUT2D eigenvalue weighted by molar-refractivity contribution is 7.89. The number of fused-ring (bicyclic) bond motifs is 1. The molecule has 0 aliphatic carbocycles. The van der Waals surface area contributed by atoms with Gasteiger partial charge in [0.1, 0.15) is 6.04 Å². The van der Waals surface area contributed by atoms with E-state index in [1.54, 1.807) is 16.4 Å². The molecule has 1 aromatic heterocycles. The normalized spacial score (nSPS) is 20.5. The molecule has 1 atom stereocenters. The van der Waals surface area contributed by atoms with E-state index < -0.39 is 10.0 Å². The Balaban J connectivity index is 1.59. The summed E-state index contributed by atoms with van der Waals surface area (Å²) in [6.07, 6.45) is 9.28. The highest BCUT2D eigenvalue weighted by Gasteiger charge is 2.27. The van der Waals surface area contributed by atoms with Crippen molar-refractivity contribution in [3.63, 3.8) is 0 Å². The van der Waals surface area contributed by atoms with Crippen molar-refractivity contribution in [1.82, 2.24) is 13.8 Å². The van der Waals surface area contributed by atoms with Gasteiger partial charge in [0.2, 0.25) is 15.9 Å². The molecule has 1 aromatic carbocycles. The fourth-order valence-electron chi connectivity index (χ4n) is 4.57. The Morgan fingerprint density at radius 2 is 1.52 bits per heavy atom. The van der Waals surface area contributed by atoms with Gasteiger partial charge in [-0.1, -0.05) is 12.8 Å². The van der Waals surface area contributed by atoms with Crippen LogP contribution in [0, 0.1) is 0 Å². The Labute approximate surface area is 173 Å². The first-order chi connectivity index (χ1) is 14.0. The molecule has 0 bridgehead atoms. The van der Waals surface area contributed by atoms with Gasteiger partial charge in [0.25, 0.3) is 0 Å². The molecule has 29 heavy (non-hydrogen) atoms. The summed E-state index contributed by atoms with van der Waals surface area (Å²) in [4.78, 5) is 15.2. The largest absolute Gasteiger partial charge is 0.341 e. The molecule has 1 unspecified atom stereocenters. The monoisotopic (exact) mass is 417 g/mol. The Hall–Kier alpha value is -1.86. The molecule has 0 saturated carbocycles. The van der Waals surface area contributed by atoms with Crippen LogP contribution < -0.4 is 0 Å². The lowest BCUT2D eigenvalue weighted by Gasteiger charge is -2.30. The zero-order chi connectivity index (χ0) is 20.4. The Bertz CT molecular complexity index is 968. The maximum Gasteiger partial charge on any atom is 0.245 e. The van der Waals surface area contributed by atoms with Crippen LogP contribution in [0.15, 0.2) is 35.4 Å². The molecule has 1 amide bonds. The molecular weight excluding hydrogens is 386 g/mol. The minimum Gasteiger partial charge on any atom is -0.341 e. The number of benzene rings is 1. The lowest BCUT2D eigenvalue weighted by molar-refractivity contribution is -0.135. The number of likely N-dealkylation sites (tertiary alicyclic amines) is 1. The van der Waals surface area contributed by atoms with Gasteiger partial charge in [0, 0.05) is 43.3 Å². The molecule has 2 aliphatic heterocycles. The van der Waals surface area contributed by atoms with E-state index in [1.807, 2.05) is 34.7 Å². The second kappa shape index (κ2) is 8.48. The number of hydrogen-bond acceptors (Lipinski definition) is 3. The summed E-state index contributed by atoms with van der Waals surface area (Å²) in [5.74, 6) is 0.142. The van der Waals surface area contributed by atoms with Gasteiger partial charge in [-0.15, -0.1) is 0 Å². The average Bonchev–Trinajstić information content (AvgIpc) is 2.96. The molecule has 2 saturated heterocycles.